The van der Waals surface area contributed by atoms with Crippen LogP contribution in [0.15, 0.2) is 0 Å². The molecule has 0 saturated heterocycles. The van der Waals surface area contributed by atoms with Crippen molar-refractivity contribution in [1.29, 1.82) is 0 Å². The van der Waals surface area contributed by atoms with Gasteiger partial charge in [0.2, 0.25) is 0 Å². The molecule has 0 amide bonds. The molecular weight excluding hydrogens is 300 g/mol. The van der Waals surface area contributed by atoms with Gasteiger partial charge in [0.1, 0.15) is 5.75 Å². The number of fused-ring (bicyclic) bond motifs is 2. The van der Waals surface area contributed by atoms with Gasteiger partial charge in [-0.25, -0.2) is 0 Å². The molecule has 1 aliphatic rings. The highest BCUT2D eigenvalue weighted by Crippen LogP contribution is 2.41. The molecule has 1 aliphatic carbocycles. The minimum Gasteiger partial charge on any atom is -0.507 e. The van der Waals surface area contributed by atoms with Crippen LogP contribution in [0.3, 0.4) is 0 Å². The number of rotatable bonds is 0. The maximum atomic E-state index is 13.3. The molecular formula is C21H22O3. The Bertz CT molecular complexity index is 809. The number of hydrogen-bond acceptors (Lipinski definition) is 3. The number of benzene rings is 2. The number of phenolic OH excluding ortho intramolecular Hbond substituents is 1. The van der Waals surface area contributed by atoms with E-state index in [-0.39, 0.29) is 22.9 Å². The SMILES string of the molecule is Cc1c(C)c(C)c2c(c1C)C(=O)c1c(C)c(C)c(C)c(O)c1C2=O. The number of carbonyl (C=O) groups excluding carboxylic acids is 2. The summed E-state index contributed by atoms with van der Waals surface area (Å²) in [7, 11) is 0. The van der Waals surface area contributed by atoms with Crippen molar-refractivity contribution in [2.75, 3.05) is 0 Å². The molecule has 24 heavy (non-hydrogen) atoms. The minimum absolute atomic E-state index is 0.0626. The highest BCUT2D eigenvalue weighted by Gasteiger charge is 2.37. The van der Waals surface area contributed by atoms with Crippen LogP contribution in [0.2, 0.25) is 0 Å². The summed E-state index contributed by atoms with van der Waals surface area (Å²) >= 11 is 0. The molecule has 0 saturated carbocycles. The van der Waals surface area contributed by atoms with Crippen molar-refractivity contribution < 1.29 is 14.7 Å². The zero-order valence-corrected chi connectivity index (χ0v) is 15.3. The second-order valence-corrected chi connectivity index (χ2v) is 6.88. The highest BCUT2D eigenvalue weighted by atomic mass is 16.3. The van der Waals surface area contributed by atoms with Gasteiger partial charge in [0.05, 0.1) is 5.56 Å². The van der Waals surface area contributed by atoms with E-state index in [0.29, 0.717) is 22.3 Å². The predicted octanol–water partition coefficient (Wildman–Crippen LogP) is 4.33. The van der Waals surface area contributed by atoms with Crippen LogP contribution in [0.4, 0.5) is 0 Å². The highest BCUT2D eigenvalue weighted by molar-refractivity contribution is 6.31. The van der Waals surface area contributed by atoms with Crippen molar-refractivity contribution >= 4 is 11.6 Å². The smallest absolute Gasteiger partial charge is 0.198 e. The van der Waals surface area contributed by atoms with Gasteiger partial charge in [0, 0.05) is 16.7 Å². The normalized spacial score (nSPS) is 13.1. The van der Waals surface area contributed by atoms with E-state index < -0.39 is 0 Å². The number of carbonyl (C=O) groups is 2. The molecule has 0 spiro atoms. The Hall–Kier alpha value is -2.42. The van der Waals surface area contributed by atoms with Crippen LogP contribution < -0.4 is 0 Å². The fourth-order valence-corrected chi connectivity index (χ4v) is 3.77. The van der Waals surface area contributed by atoms with Crippen LogP contribution in [0.25, 0.3) is 0 Å². The van der Waals surface area contributed by atoms with E-state index in [4.69, 9.17) is 0 Å². The lowest BCUT2D eigenvalue weighted by molar-refractivity contribution is 0.0974. The zero-order valence-electron chi connectivity index (χ0n) is 15.3. The topological polar surface area (TPSA) is 54.4 Å². The third-order valence-electron chi connectivity index (χ3n) is 5.94. The largest absolute Gasteiger partial charge is 0.507 e. The Labute approximate surface area is 142 Å². The van der Waals surface area contributed by atoms with E-state index in [1.807, 2.05) is 41.5 Å². The van der Waals surface area contributed by atoms with Gasteiger partial charge in [0.15, 0.2) is 11.6 Å². The summed E-state index contributed by atoms with van der Waals surface area (Å²) in [5.41, 5.74) is 7.52. The maximum absolute atomic E-state index is 13.3. The van der Waals surface area contributed by atoms with Gasteiger partial charge in [-0.3, -0.25) is 9.59 Å². The van der Waals surface area contributed by atoms with Gasteiger partial charge in [-0.15, -0.1) is 0 Å². The second kappa shape index (κ2) is 5.04. The van der Waals surface area contributed by atoms with Crippen LogP contribution in [0.5, 0.6) is 5.75 Å². The first kappa shape index (κ1) is 16.4. The molecule has 0 aliphatic heterocycles. The molecule has 124 valence electrons. The fourth-order valence-electron chi connectivity index (χ4n) is 3.77. The number of hydrogen-bond donors (Lipinski definition) is 1. The summed E-state index contributed by atoms with van der Waals surface area (Å²) in [5.74, 6) is -0.460. The number of ketones is 2. The lowest BCUT2D eigenvalue weighted by Crippen LogP contribution is -2.26. The molecule has 0 bridgehead atoms. The summed E-state index contributed by atoms with van der Waals surface area (Å²) in [5, 5.41) is 10.6. The quantitative estimate of drug-likeness (QED) is 0.670. The summed E-state index contributed by atoms with van der Waals surface area (Å²) in [6, 6.07) is 0. The molecule has 0 unspecified atom stereocenters. The van der Waals surface area contributed by atoms with Crippen molar-refractivity contribution in [2.24, 2.45) is 0 Å². The second-order valence-electron chi connectivity index (χ2n) is 6.88. The summed E-state index contributed by atoms with van der Waals surface area (Å²) < 4.78 is 0. The van der Waals surface area contributed by atoms with E-state index in [9.17, 15) is 14.7 Å². The summed E-state index contributed by atoms with van der Waals surface area (Å²) in [6.45, 7) is 13.2. The Morgan fingerprint density at radius 3 is 1.17 bits per heavy atom. The molecule has 2 aromatic rings. The van der Waals surface area contributed by atoms with E-state index in [1.54, 1.807) is 6.92 Å². The molecule has 3 nitrogen and oxygen atoms in total. The van der Waals surface area contributed by atoms with E-state index >= 15 is 0 Å². The van der Waals surface area contributed by atoms with Crippen molar-refractivity contribution in [3.8, 4) is 5.75 Å². The molecule has 0 fully saturated rings. The number of aromatic hydroxyl groups is 1. The molecule has 1 N–H and O–H groups in total. The molecule has 0 atom stereocenters. The van der Waals surface area contributed by atoms with Crippen molar-refractivity contribution in [2.45, 2.75) is 48.5 Å². The van der Waals surface area contributed by atoms with E-state index in [2.05, 4.69) is 0 Å². The standard InChI is InChI=1S/C21H22O3/c1-8-9(2)12(5)16-15(11(8)4)20(23)17-13(6)10(3)14(7)19(22)18(17)21(16)24/h22H,1-7H3. The average Bonchev–Trinajstić information content (AvgIpc) is 2.55. The molecule has 3 heteroatoms. The lowest BCUT2D eigenvalue weighted by atomic mass is 9.74. The van der Waals surface area contributed by atoms with Crippen molar-refractivity contribution in [1.82, 2.24) is 0 Å². The van der Waals surface area contributed by atoms with Gasteiger partial charge in [-0.05, 0) is 87.4 Å². The Balaban J connectivity index is 2.53. The Morgan fingerprint density at radius 1 is 0.458 bits per heavy atom. The van der Waals surface area contributed by atoms with E-state index in [1.165, 1.54) is 0 Å². The zero-order chi connectivity index (χ0) is 18.1. The first-order valence-electron chi connectivity index (χ1n) is 8.13. The molecule has 0 aromatic heterocycles. The summed E-state index contributed by atoms with van der Waals surface area (Å²) in [4.78, 5) is 26.5. The van der Waals surface area contributed by atoms with Gasteiger partial charge < -0.3 is 5.11 Å². The first-order valence-corrected chi connectivity index (χ1v) is 8.13. The lowest BCUT2D eigenvalue weighted by Gasteiger charge is -2.27. The molecule has 0 heterocycles. The van der Waals surface area contributed by atoms with Crippen LogP contribution in [0.1, 0.15) is 70.8 Å². The monoisotopic (exact) mass is 322 g/mol. The van der Waals surface area contributed by atoms with Crippen LogP contribution in [0, 0.1) is 48.5 Å². The molecule has 2 aromatic carbocycles. The Morgan fingerprint density at radius 2 is 0.750 bits per heavy atom. The maximum Gasteiger partial charge on any atom is 0.198 e. The first-order chi connectivity index (χ1) is 11.1. The molecule has 0 radical (unpaired) electrons. The third kappa shape index (κ3) is 1.78. The van der Waals surface area contributed by atoms with Crippen LogP contribution in [-0.4, -0.2) is 16.7 Å². The van der Waals surface area contributed by atoms with Crippen LogP contribution >= 0.6 is 0 Å². The third-order valence-corrected chi connectivity index (χ3v) is 5.94. The fraction of sp³-hybridized carbons (Fsp3) is 0.333. The average molecular weight is 322 g/mol. The van der Waals surface area contributed by atoms with Gasteiger partial charge in [0.25, 0.3) is 0 Å². The van der Waals surface area contributed by atoms with Gasteiger partial charge in [-0.1, -0.05) is 0 Å². The number of phenols is 1. The van der Waals surface area contributed by atoms with E-state index in [0.717, 1.165) is 33.4 Å². The minimum atomic E-state index is -0.244. The summed E-state index contributed by atoms with van der Waals surface area (Å²) in [6.07, 6.45) is 0. The Kier molecular flexibility index (Phi) is 3.45. The van der Waals surface area contributed by atoms with Gasteiger partial charge in [-0.2, -0.15) is 0 Å². The van der Waals surface area contributed by atoms with Crippen LogP contribution in [-0.2, 0) is 0 Å². The van der Waals surface area contributed by atoms with Gasteiger partial charge >= 0.3 is 0 Å². The van der Waals surface area contributed by atoms with Crippen molar-refractivity contribution in [3.05, 3.63) is 61.2 Å². The predicted molar refractivity (Wildman–Crippen MR) is 94.6 cm³/mol. The molecule has 3 rings (SSSR count). The van der Waals surface area contributed by atoms with Crippen molar-refractivity contribution in [3.63, 3.8) is 0 Å².